The number of benzene rings is 1. The van der Waals surface area contributed by atoms with E-state index in [2.05, 4.69) is 10.4 Å². The second kappa shape index (κ2) is 6.84. The lowest BCUT2D eigenvalue weighted by atomic mass is 10.1. The van der Waals surface area contributed by atoms with Crippen LogP contribution in [-0.4, -0.2) is 41.0 Å². The smallest absolute Gasteiger partial charge is 0.287 e. The average Bonchev–Trinajstić information content (AvgIpc) is 3.34. The maximum Gasteiger partial charge on any atom is 0.287 e. The van der Waals surface area contributed by atoms with E-state index >= 15 is 0 Å². The Hall–Kier alpha value is -2.80. The molecule has 2 atom stereocenters. The van der Waals surface area contributed by atoms with Crippen molar-refractivity contribution in [2.45, 2.75) is 25.5 Å². The Morgan fingerprint density at radius 1 is 1.38 bits per heavy atom. The number of rotatable bonds is 5. The number of hydrogen-bond acceptors (Lipinski definition) is 5. The molecule has 1 fully saturated rings. The first-order valence-electron chi connectivity index (χ1n) is 8.70. The van der Waals surface area contributed by atoms with E-state index in [1.54, 1.807) is 17.1 Å². The van der Waals surface area contributed by atoms with Gasteiger partial charge in [0, 0.05) is 18.0 Å². The first-order valence-corrected chi connectivity index (χ1v) is 8.70. The Labute approximate surface area is 150 Å². The SMILES string of the molecule is CCc1c(C(=O)N[C@H]2COC[C@H]2Oc2cnn(C)c2)oc2ccccc12. The van der Waals surface area contributed by atoms with Crippen molar-refractivity contribution in [2.24, 2.45) is 7.05 Å². The van der Waals surface area contributed by atoms with Crippen LogP contribution in [-0.2, 0) is 18.2 Å². The highest BCUT2D eigenvalue weighted by molar-refractivity contribution is 5.99. The Morgan fingerprint density at radius 2 is 2.23 bits per heavy atom. The van der Waals surface area contributed by atoms with Crippen LogP contribution in [0.4, 0.5) is 0 Å². The first-order chi connectivity index (χ1) is 12.7. The average molecular weight is 355 g/mol. The number of aryl methyl sites for hydroxylation is 2. The highest BCUT2D eigenvalue weighted by Gasteiger charge is 2.33. The minimum absolute atomic E-state index is 0.242. The van der Waals surface area contributed by atoms with Crippen LogP contribution in [0.1, 0.15) is 23.0 Å². The maximum atomic E-state index is 12.8. The van der Waals surface area contributed by atoms with Crippen LogP contribution in [0.3, 0.4) is 0 Å². The predicted octanol–water partition coefficient (Wildman–Crippen LogP) is 2.30. The Morgan fingerprint density at radius 3 is 3.00 bits per heavy atom. The monoisotopic (exact) mass is 355 g/mol. The Bertz CT molecular complexity index is 930. The zero-order valence-corrected chi connectivity index (χ0v) is 14.8. The van der Waals surface area contributed by atoms with Crippen LogP contribution in [0.15, 0.2) is 41.1 Å². The van der Waals surface area contributed by atoms with Gasteiger partial charge in [-0.05, 0) is 12.5 Å². The molecule has 1 amide bonds. The molecule has 4 rings (SSSR count). The van der Waals surface area contributed by atoms with E-state index in [1.165, 1.54) is 0 Å². The molecule has 0 spiro atoms. The number of para-hydroxylation sites is 1. The van der Waals surface area contributed by atoms with E-state index < -0.39 is 0 Å². The number of fused-ring (bicyclic) bond motifs is 1. The summed E-state index contributed by atoms with van der Waals surface area (Å²) < 4.78 is 18.9. The van der Waals surface area contributed by atoms with Crippen molar-refractivity contribution in [3.8, 4) is 5.75 Å². The number of amides is 1. The normalized spacial score (nSPS) is 19.8. The molecule has 3 aromatic rings. The molecule has 1 aliphatic rings. The summed E-state index contributed by atoms with van der Waals surface area (Å²) >= 11 is 0. The number of nitrogens with zero attached hydrogens (tertiary/aromatic N) is 2. The molecule has 7 nitrogen and oxygen atoms in total. The molecule has 1 N–H and O–H groups in total. The van der Waals surface area contributed by atoms with Gasteiger partial charge in [0.2, 0.25) is 0 Å². The zero-order valence-electron chi connectivity index (χ0n) is 14.8. The topological polar surface area (TPSA) is 78.5 Å². The van der Waals surface area contributed by atoms with E-state index in [0.29, 0.717) is 24.7 Å². The Kier molecular flexibility index (Phi) is 4.38. The van der Waals surface area contributed by atoms with E-state index in [4.69, 9.17) is 13.9 Å². The van der Waals surface area contributed by atoms with Gasteiger partial charge in [-0.2, -0.15) is 5.10 Å². The van der Waals surface area contributed by atoms with Gasteiger partial charge in [-0.15, -0.1) is 0 Å². The molecule has 136 valence electrons. The van der Waals surface area contributed by atoms with Gasteiger partial charge in [-0.25, -0.2) is 0 Å². The van der Waals surface area contributed by atoms with Gasteiger partial charge in [-0.3, -0.25) is 9.48 Å². The quantitative estimate of drug-likeness (QED) is 0.760. The highest BCUT2D eigenvalue weighted by Crippen LogP contribution is 2.26. The molecule has 0 radical (unpaired) electrons. The molecule has 0 aliphatic carbocycles. The largest absolute Gasteiger partial charge is 0.482 e. The summed E-state index contributed by atoms with van der Waals surface area (Å²) in [5.74, 6) is 0.772. The number of ether oxygens (including phenoxy) is 2. The minimum atomic E-state index is -0.266. The summed E-state index contributed by atoms with van der Waals surface area (Å²) in [7, 11) is 1.82. The lowest BCUT2D eigenvalue weighted by Crippen LogP contribution is -2.45. The Balaban J connectivity index is 1.52. The van der Waals surface area contributed by atoms with Gasteiger partial charge in [-0.1, -0.05) is 25.1 Å². The summed E-state index contributed by atoms with van der Waals surface area (Å²) in [6.45, 7) is 2.83. The second-order valence-corrected chi connectivity index (χ2v) is 6.38. The van der Waals surface area contributed by atoms with Gasteiger partial charge >= 0.3 is 0 Å². The van der Waals surface area contributed by atoms with Gasteiger partial charge in [0.05, 0.1) is 31.6 Å². The molecule has 1 aromatic carbocycles. The number of carbonyl (C=O) groups excluding carboxylic acids is 1. The molecule has 0 unspecified atom stereocenters. The van der Waals surface area contributed by atoms with Crippen molar-refractivity contribution < 1.29 is 18.7 Å². The number of hydrogen-bond donors (Lipinski definition) is 1. The van der Waals surface area contributed by atoms with Crippen molar-refractivity contribution >= 4 is 16.9 Å². The van der Waals surface area contributed by atoms with Gasteiger partial charge in [0.25, 0.3) is 5.91 Å². The number of aromatic nitrogens is 2. The first kappa shape index (κ1) is 16.7. The second-order valence-electron chi connectivity index (χ2n) is 6.38. The van der Waals surface area contributed by atoms with Crippen LogP contribution in [0, 0.1) is 0 Å². The van der Waals surface area contributed by atoms with E-state index in [1.807, 2.05) is 38.2 Å². The standard InChI is InChI=1S/C19H21N3O4/c1-3-13-14-6-4-5-7-16(14)26-18(13)19(23)21-15-10-24-11-17(15)25-12-8-20-22(2)9-12/h4-9,15,17H,3,10-11H2,1-2H3,(H,21,23)/t15-,17+/m0/s1. The highest BCUT2D eigenvalue weighted by atomic mass is 16.5. The maximum absolute atomic E-state index is 12.8. The fraction of sp³-hybridized carbons (Fsp3) is 0.368. The minimum Gasteiger partial charge on any atom is -0.482 e. The van der Waals surface area contributed by atoms with Crippen molar-refractivity contribution in [3.05, 3.63) is 48.0 Å². The van der Waals surface area contributed by atoms with Crippen LogP contribution in [0.2, 0.25) is 0 Å². The molecular weight excluding hydrogens is 334 g/mol. The van der Waals surface area contributed by atoms with E-state index in [0.717, 1.165) is 23.0 Å². The fourth-order valence-electron chi connectivity index (χ4n) is 3.29. The van der Waals surface area contributed by atoms with Crippen LogP contribution < -0.4 is 10.1 Å². The molecule has 1 saturated heterocycles. The predicted molar refractivity (Wildman–Crippen MR) is 95.3 cm³/mol. The summed E-state index contributed by atoms with van der Waals surface area (Å²) in [4.78, 5) is 12.8. The molecule has 26 heavy (non-hydrogen) atoms. The van der Waals surface area contributed by atoms with Crippen LogP contribution in [0.5, 0.6) is 5.75 Å². The lowest BCUT2D eigenvalue weighted by molar-refractivity contribution is 0.0877. The van der Waals surface area contributed by atoms with Crippen molar-refractivity contribution in [3.63, 3.8) is 0 Å². The third-order valence-corrected chi connectivity index (χ3v) is 4.57. The molecule has 1 aliphatic heterocycles. The van der Waals surface area contributed by atoms with Crippen LogP contribution >= 0.6 is 0 Å². The van der Waals surface area contributed by atoms with Crippen LogP contribution in [0.25, 0.3) is 11.0 Å². The fourth-order valence-corrected chi connectivity index (χ4v) is 3.29. The summed E-state index contributed by atoms with van der Waals surface area (Å²) in [6.07, 6.45) is 3.88. The summed E-state index contributed by atoms with van der Waals surface area (Å²) in [5.41, 5.74) is 1.64. The van der Waals surface area contributed by atoms with Crippen molar-refractivity contribution in [1.82, 2.24) is 15.1 Å². The molecular formula is C19H21N3O4. The van der Waals surface area contributed by atoms with E-state index in [9.17, 15) is 4.79 Å². The lowest BCUT2D eigenvalue weighted by Gasteiger charge is -2.19. The van der Waals surface area contributed by atoms with Crippen molar-refractivity contribution in [1.29, 1.82) is 0 Å². The van der Waals surface area contributed by atoms with E-state index in [-0.39, 0.29) is 18.1 Å². The third kappa shape index (κ3) is 3.06. The molecule has 3 heterocycles. The van der Waals surface area contributed by atoms with Gasteiger partial charge in [0.1, 0.15) is 11.7 Å². The number of nitrogens with one attached hydrogen (secondary N) is 1. The summed E-state index contributed by atoms with van der Waals surface area (Å²) in [5, 5.41) is 8.06. The number of carbonyl (C=O) groups is 1. The van der Waals surface area contributed by atoms with Gasteiger partial charge < -0.3 is 19.2 Å². The zero-order chi connectivity index (χ0) is 18.1. The van der Waals surface area contributed by atoms with Crippen molar-refractivity contribution in [2.75, 3.05) is 13.2 Å². The third-order valence-electron chi connectivity index (χ3n) is 4.57. The van der Waals surface area contributed by atoms with Gasteiger partial charge in [0.15, 0.2) is 11.5 Å². The molecule has 7 heteroatoms. The number of furan rings is 1. The summed E-state index contributed by atoms with van der Waals surface area (Å²) in [6, 6.07) is 7.44. The molecule has 0 bridgehead atoms. The molecule has 2 aromatic heterocycles. The molecule has 0 saturated carbocycles.